The van der Waals surface area contributed by atoms with Crippen molar-refractivity contribution in [1.82, 2.24) is 0 Å². The highest BCUT2D eigenvalue weighted by atomic mass is 15.2. The summed E-state index contributed by atoms with van der Waals surface area (Å²) in [7, 11) is 8.31. The van der Waals surface area contributed by atoms with Gasteiger partial charge in [0.05, 0.1) is 6.04 Å². The summed E-state index contributed by atoms with van der Waals surface area (Å²) in [5, 5.41) is 0. The number of benzene rings is 2. The van der Waals surface area contributed by atoms with Crippen LogP contribution in [0.4, 0.5) is 17.1 Å². The van der Waals surface area contributed by atoms with Gasteiger partial charge in [0, 0.05) is 51.8 Å². The molecule has 3 heteroatoms. The van der Waals surface area contributed by atoms with E-state index in [0.29, 0.717) is 6.04 Å². The highest BCUT2D eigenvalue weighted by Gasteiger charge is 2.18. The Kier molecular flexibility index (Phi) is 6.13. The fourth-order valence-corrected chi connectivity index (χ4v) is 3.16. The van der Waals surface area contributed by atoms with Crippen LogP contribution >= 0.6 is 0 Å². The molecule has 0 bridgehead atoms. The SMILES string of the molecule is CC[C@@H](c1ccc(N(C)C)cc1)N(CC)c1ccc(N(C)C)cc1. The van der Waals surface area contributed by atoms with Gasteiger partial charge in [-0.05, 0) is 55.3 Å². The second-order valence-electron chi connectivity index (χ2n) is 6.61. The summed E-state index contributed by atoms with van der Waals surface area (Å²) in [4.78, 5) is 6.77. The maximum Gasteiger partial charge on any atom is 0.0539 e. The Labute approximate surface area is 147 Å². The Bertz CT molecular complexity index is 557. The molecule has 0 unspecified atom stereocenters. The fourth-order valence-electron chi connectivity index (χ4n) is 3.16. The monoisotopic (exact) mass is 325 g/mol. The number of hydrogen-bond donors (Lipinski definition) is 0. The zero-order chi connectivity index (χ0) is 17.7. The normalized spacial score (nSPS) is 11.9. The molecule has 0 fully saturated rings. The molecule has 0 amide bonds. The van der Waals surface area contributed by atoms with Crippen molar-refractivity contribution >= 4 is 17.1 Å². The van der Waals surface area contributed by atoms with E-state index >= 15 is 0 Å². The van der Waals surface area contributed by atoms with Gasteiger partial charge in [-0.2, -0.15) is 0 Å². The quantitative estimate of drug-likeness (QED) is 0.724. The van der Waals surface area contributed by atoms with Crippen LogP contribution in [-0.4, -0.2) is 34.7 Å². The van der Waals surface area contributed by atoms with Gasteiger partial charge >= 0.3 is 0 Å². The van der Waals surface area contributed by atoms with Crippen LogP contribution in [0.2, 0.25) is 0 Å². The molecule has 2 aromatic rings. The summed E-state index contributed by atoms with van der Waals surface area (Å²) in [6.45, 7) is 5.49. The van der Waals surface area contributed by atoms with Crippen LogP contribution in [0.1, 0.15) is 31.9 Å². The van der Waals surface area contributed by atoms with Gasteiger partial charge in [0.1, 0.15) is 0 Å². The first-order chi connectivity index (χ1) is 11.5. The smallest absolute Gasteiger partial charge is 0.0539 e. The molecule has 0 radical (unpaired) electrons. The van der Waals surface area contributed by atoms with Gasteiger partial charge in [-0.3, -0.25) is 0 Å². The zero-order valence-corrected chi connectivity index (χ0v) is 16.0. The van der Waals surface area contributed by atoms with Crippen molar-refractivity contribution in [2.75, 3.05) is 49.4 Å². The highest BCUT2D eigenvalue weighted by molar-refractivity contribution is 5.57. The molecule has 0 aromatic heterocycles. The Hall–Kier alpha value is -2.16. The second-order valence-corrected chi connectivity index (χ2v) is 6.61. The minimum Gasteiger partial charge on any atom is -0.378 e. The molecule has 0 saturated carbocycles. The molecule has 130 valence electrons. The first-order valence-corrected chi connectivity index (χ1v) is 8.79. The van der Waals surface area contributed by atoms with Crippen LogP contribution < -0.4 is 14.7 Å². The summed E-state index contributed by atoms with van der Waals surface area (Å²) in [6.07, 6.45) is 1.09. The molecule has 0 spiro atoms. The molecule has 2 aromatic carbocycles. The van der Waals surface area contributed by atoms with Crippen LogP contribution in [0.25, 0.3) is 0 Å². The van der Waals surface area contributed by atoms with E-state index < -0.39 is 0 Å². The predicted octanol–water partition coefficient (Wildman–Crippen LogP) is 4.80. The van der Waals surface area contributed by atoms with E-state index in [1.807, 2.05) is 0 Å². The van der Waals surface area contributed by atoms with Gasteiger partial charge in [-0.25, -0.2) is 0 Å². The molecular weight excluding hydrogens is 294 g/mol. The molecule has 1 atom stereocenters. The molecular formula is C21H31N3. The van der Waals surface area contributed by atoms with Crippen molar-refractivity contribution in [1.29, 1.82) is 0 Å². The topological polar surface area (TPSA) is 9.72 Å². The van der Waals surface area contributed by atoms with Crippen molar-refractivity contribution in [3.8, 4) is 0 Å². The van der Waals surface area contributed by atoms with E-state index in [1.165, 1.54) is 22.6 Å². The van der Waals surface area contributed by atoms with Crippen LogP contribution in [-0.2, 0) is 0 Å². The van der Waals surface area contributed by atoms with Gasteiger partial charge in [-0.1, -0.05) is 19.1 Å². The van der Waals surface area contributed by atoms with Crippen molar-refractivity contribution in [2.24, 2.45) is 0 Å². The molecule has 0 N–H and O–H groups in total. The summed E-state index contributed by atoms with van der Waals surface area (Å²) in [5.74, 6) is 0. The van der Waals surface area contributed by atoms with E-state index in [2.05, 4.69) is 105 Å². The van der Waals surface area contributed by atoms with Crippen molar-refractivity contribution in [3.05, 3.63) is 54.1 Å². The number of hydrogen-bond acceptors (Lipinski definition) is 3. The molecule has 2 rings (SSSR count). The molecule has 0 aliphatic carbocycles. The standard InChI is InChI=1S/C21H31N3/c1-7-21(17-9-11-18(12-10-17)22(3)4)24(8-2)20-15-13-19(14-16-20)23(5)6/h9-16,21H,7-8H2,1-6H3/t21-/m0/s1. The van der Waals surface area contributed by atoms with E-state index in [0.717, 1.165) is 13.0 Å². The summed E-state index contributed by atoms with van der Waals surface area (Å²) in [5.41, 5.74) is 5.14. The lowest BCUT2D eigenvalue weighted by atomic mass is 10.0. The van der Waals surface area contributed by atoms with Crippen LogP contribution in [0, 0.1) is 0 Å². The van der Waals surface area contributed by atoms with E-state index in [1.54, 1.807) is 0 Å². The maximum absolute atomic E-state index is 2.49. The Balaban J connectivity index is 2.28. The van der Waals surface area contributed by atoms with Crippen LogP contribution in [0.5, 0.6) is 0 Å². The first kappa shape index (κ1) is 18.2. The third-order valence-corrected chi connectivity index (χ3v) is 4.60. The average Bonchev–Trinajstić information content (AvgIpc) is 2.59. The number of anilines is 3. The lowest BCUT2D eigenvalue weighted by Gasteiger charge is -2.33. The first-order valence-electron chi connectivity index (χ1n) is 8.79. The molecule has 0 aliphatic heterocycles. The van der Waals surface area contributed by atoms with Gasteiger partial charge in [0.15, 0.2) is 0 Å². The van der Waals surface area contributed by atoms with Gasteiger partial charge < -0.3 is 14.7 Å². The van der Waals surface area contributed by atoms with Gasteiger partial charge in [0.2, 0.25) is 0 Å². The van der Waals surface area contributed by atoms with E-state index in [-0.39, 0.29) is 0 Å². The molecule has 0 saturated heterocycles. The molecule has 0 heterocycles. The Morgan fingerprint density at radius 1 is 0.667 bits per heavy atom. The maximum atomic E-state index is 2.49. The third-order valence-electron chi connectivity index (χ3n) is 4.60. The Morgan fingerprint density at radius 2 is 1.08 bits per heavy atom. The highest BCUT2D eigenvalue weighted by Crippen LogP contribution is 2.31. The fraction of sp³-hybridized carbons (Fsp3) is 0.429. The van der Waals surface area contributed by atoms with Crippen LogP contribution in [0.3, 0.4) is 0 Å². The van der Waals surface area contributed by atoms with Crippen LogP contribution in [0.15, 0.2) is 48.5 Å². The summed E-state index contributed by atoms with van der Waals surface area (Å²) >= 11 is 0. The van der Waals surface area contributed by atoms with Gasteiger partial charge in [0.25, 0.3) is 0 Å². The lowest BCUT2D eigenvalue weighted by molar-refractivity contribution is 0.615. The van der Waals surface area contributed by atoms with E-state index in [4.69, 9.17) is 0 Å². The summed E-state index contributed by atoms with van der Waals surface area (Å²) < 4.78 is 0. The minimum absolute atomic E-state index is 0.399. The number of nitrogens with zero attached hydrogens (tertiary/aromatic N) is 3. The molecule has 0 aliphatic rings. The third kappa shape index (κ3) is 4.02. The van der Waals surface area contributed by atoms with Crippen molar-refractivity contribution in [2.45, 2.75) is 26.3 Å². The molecule has 3 nitrogen and oxygen atoms in total. The van der Waals surface area contributed by atoms with E-state index in [9.17, 15) is 0 Å². The summed E-state index contributed by atoms with van der Waals surface area (Å²) in [6, 6.07) is 18.2. The second kappa shape index (κ2) is 8.09. The zero-order valence-electron chi connectivity index (χ0n) is 16.0. The van der Waals surface area contributed by atoms with Crippen molar-refractivity contribution in [3.63, 3.8) is 0 Å². The largest absolute Gasteiger partial charge is 0.378 e. The number of rotatable bonds is 7. The van der Waals surface area contributed by atoms with Gasteiger partial charge in [-0.15, -0.1) is 0 Å². The Morgan fingerprint density at radius 3 is 1.46 bits per heavy atom. The minimum atomic E-state index is 0.399. The predicted molar refractivity (Wildman–Crippen MR) is 108 cm³/mol. The lowest BCUT2D eigenvalue weighted by Crippen LogP contribution is -2.28. The van der Waals surface area contributed by atoms with Crippen molar-refractivity contribution < 1.29 is 0 Å². The average molecular weight is 326 g/mol. The molecule has 24 heavy (non-hydrogen) atoms.